The number of aryl methyl sites for hydroxylation is 3. The topological polar surface area (TPSA) is 72.9 Å². The molecule has 2 rings (SSSR count). The number of carbonyl (C=O) groups is 1. The number of halogens is 1. The molecule has 0 unspecified atom stereocenters. The van der Waals surface area contributed by atoms with Crippen LogP contribution in [-0.4, -0.2) is 30.6 Å². The summed E-state index contributed by atoms with van der Waals surface area (Å²) in [7, 11) is 1.79. The van der Waals surface area contributed by atoms with Crippen LogP contribution in [0.25, 0.3) is 0 Å². The van der Waals surface area contributed by atoms with Gasteiger partial charge in [-0.2, -0.15) is 10.2 Å². The van der Waals surface area contributed by atoms with Crippen LogP contribution in [0.2, 0.25) is 5.15 Å². The third-order valence-electron chi connectivity index (χ3n) is 3.44. The molecular weight excluding hydrogens is 280 g/mol. The third-order valence-corrected chi connectivity index (χ3v) is 3.91. The minimum Gasteiger partial charge on any atom is -0.481 e. The molecule has 1 N–H and O–H groups in total. The maximum absolute atomic E-state index is 10.9. The fourth-order valence-electron chi connectivity index (χ4n) is 2.30. The lowest BCUT2D eigenvalue weighted by Gasteiger charge is -2.05. The van der Waals surface area contributed by atoms with Gasteiger partial charge in [-0.15, -0.1) is 0 Å². The molecule has 20 heavy (non-hydrogen) atoms. The van der Waals surface area contributed by atoms with Crippen LogP contribution in [0.1, 0.15) is 28.2 Å². The first-order valence-electron chi connectivity index (χ1n) is 6.24. The van der Waals surface area contributed by atoms with Crippen LogP contribution in [0.4, 0.5) is 0 Å². The zero-order valence-corrected chi connectivity index (χ0v) is 12.7. The van der Waals surface area contributed by atoms with Crippen LogP contribution in [0, 0.1) is 20.8 Å². The van der Waals surface area contributed by atoms with Crippen LogP contribution in [0.15, 0.2) is 0 Å². The molecule has 0 fully saturated rings. The number of aromatic nitrogens is 4. The second kappa shape index (κ2) is 5.28. The van der Waals surface area contributed by atoms with Crippen LogP contribution < -0.4 is 0 Å². The zero-order chi connectivity index (χ0) is 15.0. The van der Waals surface area contributed by atoms with E-state index in [1.54, 1.807) is 16.4 Å². The van der Waals surface area contributed by atoms with E-state index in [9.17, 15) is 4.79 Å². The van der Waals surface area contributed by atoms with Gasteiger partial charge in [-0.25, -0.2) is 0 Å². The van der Waals surface area contributed by atoms with Gasteiger partial charge in [-0.05, 0) is 20.8 Å². The van der Waals surface area contributed by atoms with Crippen molar-refractivity contribution >= 4 is 17.6 Å². The van der Waals surface area contributed by atoms with Crippen LogP contribution in [0.3, 0.4) is 0 Å². The Labute approximate surface area is 122 Å². The molecule has 108 valence electrons. The van der Waals surface area contributed by atoms with E-state index in [4.69, 9.17) is 16.7 Å². The largest absolute Gasteiger partial charge is 0.481 e. The van der Waals surface area contributed by atoms with Crippen LogP contribution >= 0.6 is 11.6 Å². The van der Waals surface area contributed by atoms with Crippen molar-refractivity contribution in [3.8, 4) is 0 Å². The molecule has 0 spiro atoms. The number of rotatable bonds is 4. The van der Waals surface area contributed by atoms with E-state index >= 15 is 0 Å². The Bertz CT molecular complexity index is 672. The predicted molar refractivity (Wildman–Crippen MR) is 75.1 cm³/mol. The molecule has 0 saturated carbocycles. The van der Waals surface area contributed by atoms with E-state index < -0.39 is 5.97 Å². The van der Waals surface area contributed by atoms with E-state index in [0.717, 1.165) is 28.2 Å². The van der Waals surface area contributed by atoms with Gasteiger partial charge in [0.05, 0.1) is 24.4 Å². The van der Waals surface area contributed by atoms with E-state index in [1.165, 1.54) is 0 Å². The Morgan fingerprint density at radius 1 is 1.20 bits per heavy atom. The Kier molecular flexibility index (Phi) is 3.85. The molecule has 0 aliphatic rings. The zero-order valence-electron chi connectivity index (χ0n) is 11.9. The van der Waals surface area contributed by atoms with Crippen molar-refractivity contribution in [2.75, 3.05) is 0 Å². The van der Waals surface area contributed by atoms with E-state index in [-0.39, 0.29) is 6.42 Å². The lowest BCUT2D eigenvalue weighted by atomic mass is 10.1. The van der Waals surface area contributed by atoms with Crippen molar-refractivity contribution < 1.29 is 9.90 Å². The minimum absolute atomic E-state index is 0.0164. The summed E-state index contributed by atoms with van der Waals surface area (Å²) < 4.78 is 3.40. The van der Waals surface area contributed by atoms with Crippen LogP contribution in [-0.2, 0) is 24.8 Å². The molecular formula is C13H17ClN4O2. The maximum Gasteiger partial charge on any atom is 0.307 e. The summed E-state index contributed by atoms with van der Waals surface area (Å²) in [5.41, 5.74) is 4.11. The molecule has 0 aromatic carbocycles. The third kappa shape index (κ3) is 2.56. The summed E-state index contributed by atoms with van der Waals surface area (Å²) in [5, 5.41) is 18.2. The normalized spacial score (nSPS) is 11.1. The van der Waals surface area contributed by atoms with E-state index in [2.05, 4.69) is 10.2 Å². The molecule has 7 heteroatoms. The number of aliphatic carboxylic acids is 1. The Balaban J connectivity index is 2.37. The molecule has 2 aromatic rings. The van der Waals surface area contributed by atoms with Gasteiger partial charge in [-0.1, -0.05) is 11.6 Å². The summed E-state index contributed by atoms with van der Waals surface area (Å²) in [6.45, 7) is 6.08. The van der Waals surface area contributed by atoms with Crippen molar-refractivity contribution in [2.24, 2.45) is 7.05 Å². The first-order chi connectivity index (χ1) is 9.31. The molecule has 0 bridgehead atoms. The first kappa shape index (κ1) is 14.6. The Morgan fingerprint density at radius 2 is 1.80 bits per heavy atom. The molecule has 6 nitrogen and oxygen atoms in total. The summed E-state index contributed by atoms with van der Waals surface area (Å²) in [6, 6.07) is 0. The number of carboxylic acids is 1. The second-order valence-corrected chi connectivity index (χ2v) is 5.21. The van der Waals surface area contributed by atoms with Gasteiger partial charge in [-0.3, -0.25) is 14.2 Å². The highest BCUT2D eigenvalue weighted by Gasteiger charge is 2.17. The molecule has 0 atom stereocenters. The van der Waals surface area contributed by atoms with Crippen molar-refractivity contribution in [3.05, 3.63) is 33.4 Å². The highest BCUT2D eigenvalue weighted by Crippen LogP contribution is 2.22. The summed E-state index contributed by atoms with van der Waals surface area (Å²) >= 11 is 6.21. The predicted octanol–water partition coefficient (Wildman–Crippen LogP) is 1.87. The molecule has 0 saturated heterocycles. The average molecular weight is 297 g/mol. The molecule has 0 amide bonds. The Hall–Kier alpha value is -1.82. The summed E-state index contributed by atoms with van der Waals surface area (Å²) in [5.74, 6) is -0.855. The molecule has 0 aliphatic carbocycles. The summed E-state index contributed by atoms with van der Waals surface area (Å²) in [4.78, 5) is 10.9. The average Bonchev–Trinajstić information content (AvgIpc) is 2.74. The van der Waals surface area contributed by atoms with Gasteiger partial charge < -0.3 is 5.11 Å². The van der Waals surface area contributed by atoms with Crippen molar-refractivity contribution in [2.45, 2.75) is 33.7 Å². The smallest absolute Gasteiger partial charge is 0.307 e. The van der Waals surface area contributed by atoms with Crippen molar-refractivity contribution in [1.29, 1.82) is 0 Å². The maximum atomic E-state index is 10.9. The SMILES string of the molecule is Cc1nn(C)c(Cl)c1Cn1nc(C)c(CC(=O)O)c1C. The van der Waals surface area contributed by atoms with Crippen LogP contribution in [0.5, 0.6) is 0 Å². The van der Waals surface area contributed by atoms with Gasteiger partial charge in [0.25, 0.3) is 0 Å². The number of carboxylic acid groups (broad SMARTS) is 1. The lowest BCUT2D eigenvalue weighted by molar-refractivity contribution is -0.136. The van der Waals surface area contributed by atoms with Crippen molar-refractivity contribution in [3.63, 3.8) is 0 Å². The van der Waals surface area contributed by atoms with Gasteiger partial charge in [0.1, 0.15) is 5.15 Å². The molecule has 0 aliphatic heterocycles. The standard InChI is InChI=1S/C13H17ClN4O2/c1-7-10(5-12(19)20)9(3)18(16-7)6-11-8(2)15-17(4)13(11)14/h5-6H2,1-4H3,(H,19,20). The minimum atomic E-state index is -0.855. The number of nitrogens with zero attached hydrogens (tertiary/aromatic N) is 4. The highest BCUT2D eigenvalue weighted by atomic mass is 35.5. The monoisotopic (exact) mass is 296 g/mol. The molecule has 2 aromatic heterocycles. The highest BCUT2D eigenvalue weighted by molar-refractivity contribution is 6.30. The number of hydrogen-bond donors (Lipinski definition) is 1. The first-order valence-corrected chi connectivity index (χ1v) is 6.61. The fraction of sp³-hybridized carbons (Fsp3) is 0.462. The molecule has 2 heterocycles. The Morgan fingerprint density at radius 3 is 2.30 bits per heavy atom. The summed E-state index contributed by atoms with van der Waals surface area (Å²) in [6.07, 6.45) is -0.0164. The number of hydrogen-bond acceptors (Lipinski definition) is 3. The second-order valence-electron chi connectivity index (χ2n) is 4.86. The lowest BCUT2D eigenvalue weighted by Crippen LogP contribution is -2.06. The van der Waals surface area contributed by atoms with E-state index in [0.29, 0.717) is 11.7 Å². The van der Waals surface area contributed by atoms with Gasteiger partial charge in [0.2, 0.25) is 0 Å². The molecule has 0 radical (unpaired) electrons. The quantitative estimate of drug-likeness (QED) is 0.935. The van der Waals surface area contributed by atoms with Gasteiger partial charge >= 0.3 is 5.97 Å². The fourth-order valence-corrected chi connectivity index (χ4v) is 2.53. The van der Waals surface area contributed by atoms with Gasteiger partial charge in [0, 0.05) is 23.9 Å². The van der Waals surface area contributed by atoms with E-state index in [1.807, 2.05) is 20.8 Å². The van der Waals surface area contributed by atoms with Crippen molar-refractivity contribution in [1.82, 2.24) is 19.6 Å². The van der Waals surface area contributed by atoms with Gasteiger partial charge in [0.15, 0.2) is 0 Å².